The van der Waals surface area contributed by atoms with Crippen LogP contribution in [0.5, 0.6) is 5.75 Å². The van der Waals surface area contributed by atoms with E-state index in [-0.39, 0.29) is 11.5 Å². The van der Waals surface area contributed by atoms with E-state index < -0.39 is 5.63 Å². The summed E-state index contributed by atoms with van der Waals surface area (Å²) in [6, 6.07) is 14.0. The van der Waals surface area contributed by atoms with Gasteiger partial charge in [-0.2, -0.15) is 0 Å². The molecule has 1 aromatic heterocycles. The van der Waals surface area contributed by atoms with E-state index in [2.05, 4.69) is 10.2 Å². The van der Waals surface area contributed by atoms with Crippen molar-refractivity contribution >= 4 is 22.6 Å². The first-order valence-electron chi connectivity index (χ1n) is 9.45. The highest BCUT2D eigenvalue weighted by molar-refractivity contribution is 6.12. The second-order valence-electron chi connectivity index (χ2n) is 6.88. The van der Waals surface area contributed by atoms with Gasteiger partial charge in [-0.15, -0.1) is 0 Å². The SMILES string of the molecule is COc1ccc2c(C(=O)Nc3cccc(CN4CCOCC4)c3)cc(=O)oc2c1. The molecular weight excluding hydrogens is 372 g/mol. The van der Waals surface area contributed by atoms with E-state index in [9.17, 15) is 9.59 Å². The highest BCUT2D eigenvalue weighted by atomic mass is 16.5. The lowest BCUT2D eigenvalue weighted by Gasteiger charge is -2.26. The van der Waals surface area contributed by atoms with Crippen LogP contribution < -0.4 is 15.7 Å². The van der Waals surface area contributed by atoms with Crippen LogP contribution in [0.1, 0.15) is 15.9 Å². The topological polar surface area (TPSA) is 81.0 Å². The van der Waals surface area contributed by atoms with Crippen LogP contribution in [-0.4, -0.2) is 44.2 Å². The summed E-state index contributed by atoms with van der Waals surface area (Å²) in [4.78, 5) is 27.1. The van der Waals surface area contributed by atoms with Crippen molar-refractivity contribution in [3.63, 3.8) is 0 Å². The van der Waals surface area contributed by atoms with Gasteiger partial charge in [0.1, 0.15) is 11.3 Å². The van der Waals surface area contributed by atoms with Gasteiger partial charge in [-0.25, -0.2) is 4.79 Å². The second kappa shape index (κ2) is 8.46. The standard InChI is InChI=1S/C22H22N2O5/c1-27-17-5-6-18-19(13-21(25)29-20(18)12-17)22(26)23-16-4-2-3-15(11-16)14-24-7-9-28-10-8-24/h2-6,11-13H,7-10,14H2,1H3,(H,23,26). The molecule has 29 heavy (non-hydrogen) atoms. The molecule has 7 nitrogen and oxygen atoms in total. The van der Waals surface area contributed by atoms with Crippen LogP contribution in [0.25, 0.3) is 11.0 Å². The summed E-state index contributed by atoms with van der Waals surface area (Å²) in [7, 11) is 1.53. The Morgan fingerprint density at radius 1 is 1.14 bits per heavy atom. The van der Waals surface area contributed by atoms with E-state index in [1.165, 1.54) is 13.2 Å². The summed E-state index contributed by atoms with van der Waals surface area (Å²) in [6.45, 7) is 4.07. The van der Waals surface area contributed by atoms with Crippen molar-refractivity contribution in [1.82, 2.24) is 4.90 Å². The van der Waals surface area contributed by atoms with Gasteiger partial charge < -0.3 is 19.2 Å². The normalized spacial score (nSPS) is 14.7. The average molecular weight is 394 g/mol. The van der Waals surface area contributed by atoms with E-state index in [0.29, 0.717) is 22.4 Å². The van der Waals surface area contributed by atoms with E-state index in [4.69, 9.17) is 13.9 Å². The van der Waals surface area contributed by atoms with Gasteiger partial charge in [0.15, 0.2) is 0 Å². The Hall–Kier alpha value is -3.16. The van der Waals surface area contributed by atoms with Gasteiger partial charge in [-0.3, -0.25) is 9.69 Å². The smallest absolute Gasteiger partial charge is 0.337 e. The van der Waals surface area contributed by atoms with Crippen molar-refractivity contribution in [1.29, 1.82) is 0 Å². The molecule has 1 saturated heterocycles. The maximum atomic E-state index is 12.9. The van der Waals surface area contributed by atoms with Gasteiger partial charge in [0, 0.05) is 42.8 Å². The maximum absolute atomic E-state index is 12.9. The number of hydrogen-bond acceptors (Lipinski definition) is 6. The van der Waals surface area contributed by atoms with Crippen molar-refractivity contribution in [3.05, 3.63) is 70.1 Å². The number of methoxy groups -OCH3 is 1. The number of carbonyl (C=O) groups excluding carboxylic acids is 1. The second-order valence-corrected chi connectivity index (χ2v) is 6.88. The fraction of sp³-hybridized carbons (Fsp3) is 0.273. The largest absolute Gasteiger partial charge is 0.497 e. The molecule has 1 aliphatic rings. The molecule has 150 valence electrons. The fourth-order valence-electron chi connectivity index (χ4n) is 3.42. The predicted molar refractivity (Wildman–Crippen MR) is 110 cm³/mol. The molecule has 0 bridgehead atoms. The van der Waals surface area contributed by atoms with Crippen LogP contribution in [-0.2, 0) is 11.3 Å². The van der Waals surface area contributed by atoms with Crippen molar-refractivity contribution in [2.75, 3.05) is 38.7 Å². The molecule has 1 amide bonds. The van der Waals surface area contributed by atoms with Crippen molar-refractivity contribution in [3.8, 4) is 5.75 Å². The number of nitrogens with zero attached hydrogens (tertiary/aromatic N) is 1. The number of hydrogen-bond donors (Lipinski definition) is 1. The Labute approximate surface area is 167 Å². The molecule has 2 heterocycles. The average Bonchev–Trinajstić information content (AvgIpc) is 2.73. The molecule has 1 aliphatic heterocycles. The van der Waals surface area contributed by atoms with E-state index in [1.807, 2.05) is 24.3 Å². The van der Waals surface area contributed by atoms with E-state index in [1.54, 1.807) is 18.2 Å². The third-order valence-corrected chi connectivity index (χ3v) is 4.89. The number of fused-ring (bicyclic) bond motifs is 1. The van der Waals surface area contributed by atoms with Gasteiger partial charge in [-0.05, 0) is 29.8 Å². The Kier molecular flexibility index (Phi) is 5.59. The minimum absolute atomic E-state index is 0.262. The van der Waals surface area contributed by atoms with Gasteiger partial charge in [0.25, 0.3) is 5.91 Å². The molecule has 0 aliphatic carbocycles. The first kappa shape index (κ1) is 19.2. The van der Waals surface area contributed by atoms with Crippen LogP contribution in [0, 0.1) is 0 Å². The molecule has 0 unspecified atom stereocenters. The number of carbonyl (C=O) groups is 1. The minimum atomic E-state index is -0.586. The lowest BCUT2D eigenvalue weighted by molar-refractivity contribution is 0.0342. The summed E-state index contributed by atoms with van der Waals surface area (Å²) in [5, 5.41) is 3.44. The summed E-state index contributed by atoms with van der Waals surface area (Å²) >= 11 is 0. The molecule has 0 saturated carbocycles. The zero-order valence-corrected chi connectivity index (χ0v) is 16.1. The zero-order valence-electron chi connectivity index (χ0n) is 16.1. The first-order chi connectivity index (χ1) is 14.1. The monoisotopic (exact) mass is 394 g/mol. The number of benzene rings is 2. The lowest BCUT2D eigenvalue weighted by Crippen LogP contribution is -2.35. The van der Waals surface area contributed by atoms with Crippen molar-refractivity contribution in [2.45, 2.75) is 6.54 Å². The summed E-state index contributed by atoms with van der Waals surface area (Å²) < 4.78 is 15.8. The molecule has 0 radical (unpaired) electrons. The van der Waals surface area contributed by atoms with Gasteiger partial charge in [0.2, 0.25) is 0 Å². The highest BCUT2D eigenvalue weighted by Crippen LogP contribution is 2.23. The Balaban J connectivity index is 1.56. The molecule has 2 aromatic carbocycles. The fourth-order valence-corrected chi connectivity index (χ4v) is 3.42. The van der Waals surface area contributed by atoms with Gasteiger partial charge in [-0.1, -0.05) is 12.1 Å². The molecule has 1 fully saturated rings. The molecule has 7 heteroatoms. The third kappa shape index (κ3) is 4.47. The number of anilines is 1. The molecule has 1 N–H and O–H groups in total. The van der Waals surface area contributed by atoms with E-state index >= 15 is 0 Å². The molecule has 4 rings (SSSR count). The summed E-state index contributed by atoms with van der Waals surface area (Å²) in [5.74, 6) is 0.186. The maximum Gasteiger partial charge on any atom is 0.337 e. The number of morpholine rings is 1. The highest BCUT2D eigenvalue weighted by Gasteiger charge is 2.15. The van der Waals surface area contributed by atoms with Crippen LogP contribution >= 0.6 is 0 Å². The van der Waals surface area contributed by atoms with Crippen molar-refractivity contribution < 1.29 is 18.7 Å². The molecular formula is C22H22N2O5. The zero-order chi connectivity index (χ0) is 20.2. The molecule has 0 atom stereocenters. The van der Waals surface area contributed by atoms with Gasteiger partial charge >= 0.3 is 5.63 Å². The Bertz CT molecular complexity index is 1090. The van der Waals surface area contributed by atoms with Crippen LogP contribution in [0.2, 0.25) is 0 Å². The first-order valence-corrected chi connectivity index (χ1v) is 9.45. The van der Waals surface area contributed by atoms with Gasteiger partial charge in [0.05, 0.1) is 25.9 Å². The van der Waals surface area contributed by atoms with E-state index in [0.717, 1.165) is 38.4 Å². The number of rotatable bonds is 5. The number of ether oxygens (including phenoxy) is 2. The van der Waals surface area contributed by atoms with Crippen molar-refractivity contribution in [2.24, 2.45) is 0 Å². The molecule has 3 aromatic rings. The molecule has 0 spiro atoms. The van der Waals surface area contributed by atoms with Crippen LogP contribution in [0.3, 0.4) is 0 Å². The quantitative estimate of drug-likeness (QED) is 0.670. The summed E-state index contributed by atoms with van der Waals surface area (Å²) in [5.41, 5.74) is 1.76. The Morgan fingerprint density at radius 2 is 1.97 bits per heavy atom. The lowest BCUT2D eigenvalue weighted by atomic mass is 10.1. The third-order valence-electron chi connectivity index (χ3n) is 4.89. The van der Waals surface area contributed by atoms with Crippen LogP contribution in [0.4, 0.5) is 5.69 Å². The number of amides is 1. The summed E-state index contributed by atoms with van der Waals surface area (Å²) in [6.07, 6.45) is 0. The predicted octanol–water partition coefficient (Wildman–Crippen LogP) is 2.89. The number of nitrogens with one attached hydrogen (secondary N) is 1. The van der Waals surface area contributed by atoms with Crippen LogP contribution in [0.15, 0.2) is 57.7 Å². The Morgan fingerprint density at radius 3 is 2.76 bits per heavy atom. The minimum Gasteiger partial charge on any atom is -0.497 e.